The predicted molar refractivity (Wildman–Crippen MR) is 53.4 cm³/mol. The van der Waals surface area contributed by atoms with Gasteiger partial charge >= 0.3 is 0 Å². The van der Waals surface area contributed by atoms with Gasteiger partial charge in [0.25, 0.3) is 0 Å². The Morgan fingerprint density at radius 2 is 2.17 bits per heavy atom. The van der Waals surface area contributed by atoms with Crippen LogP contribution in [0.4, 0.5) is 0 Å². The molecule has 70 valence electrons. The van der Waals surface area contributed by atoms with E-state index < -0.39 is 0 Å². The van der Waals surface area contributed by atoms with E-state index in [0.717, 1.165) is 17.7 Å². The fourth-order valence-electron chi connectivity index (χ4n) is 3.26. The molecule has 0 aliphatic heterocycles. The van der Waals surface area contributed by atoms with Crippen LogP contribution in [0.15, 0.2) is 0 Å². The Bertz CT molecular complexity index is 204. The minimum atomic E-state index is -0.0567. The maximum atomic E-state index is 9.92. The van der Waals surface area contributed by atoms with E-state index in [1.165, 1.54) is 12.8 Å². The van der Waals surface area contributed by atoms with Crippen LogP contribution >= 0.6 is 15.9 Å². The highest BCUT2D eigenvalue weighted by atomic mass is 79.9. The highest BCUT2D eigenvalue weighted by Gasteiger charge is 2.62. The number of aliphatic hydroxyl groups excluding tert-OH is 1. The molecule has 4 atom stereocenters. The Kier molecular flexibility index (Phi) is 1.86. The minimum absolute atomic E-state index is 0.0567. The zero-order valence-electron chi connectivity index (χ0n) is 7.81. The molecule has 0 radical (unpaired) electrons. The van der Waals surface area contributed by atoms with Gasteiger partial charge in [0.05, 0.1) is 6.10 Å². The first-order valence-corrected chi connectivity index (χ1v) is 5.91. The molecule has 2 aliphatic carbocycles. The molecular formula is C10H17BrO. The highest BCUT2D eigenvalue weighted by molar-refractivity contribution is 9.09. The smallest absolute Gasteiger partial charge is 0.0602 e. The molecule has 2 rings (SSSR count). The Balaban J connectivity index is 2.38. The molecule has 0 aromatic heterocycles. The van der Waals surface area contributed by atoms with Gasteiger partial charge < -0.3 is 5.11 Å². The first-order valence-electron chi connectivity index (χ1n) is 4.78. The molecule has 0 aromatic carbocycles. The van der Waals surface area contributed by atoms with E-state index in [4.69, 9.17) is 0 Å². The second-order valence-corrected chi connectivity index (χ2v) is 5.52. The maximum Gasteiger partial charge on any atom is 0.0602 e. The largest absolute Gasteiger partial charge is 0.393 e. The lowest BCUT2D eigenvalue weighted by atomic mass is 9.70. The van der Waals surface area contributed by atoms with Crippen molar-refractivity contribution >= 4 is 15.9 Å². The summed E-state index contributed by atoms with van der Waals surface area (Å²) in [5.41, 5.74) is 0.521. The van der Waals surface area contributed by atoms with Crippen LogP contribution in [-0.4, -0.2) is 16.5 Å². The van der Waals surface area contributed by atoms with Gasteiger partial charge in [-0.15, -0.1) is 0 Å². The number of hydrogen-bond acceptors (Lipinski definition) is 1. The van der Waals surface area contributed by atoms with E-state index in [9.17, 15) is 5.11 Å². The fourth-order valence-corrected chi connectivity index (χ4v) is 4.36. The predicted octanol–water partition coefficient (Wildman–Crippen LogP) is 2.57. The topological polar surface area (TPSA) is 20.2 Å². The first kappa shape index (κ1) is 9.01. The van der Waals surface area contributed by atoms with Crippen molar-refractivity contribution in [2.45, 2.75) is 39.2 Å². The van der Waals surface area contributed by atoms with Gasteiger partial charge in [-0.05, 0) is 36.0 Å². The molecule has 0 heterocycles. The van der Waals surface area contributed by atoms with Crippen LogP contribution in [0.3, 0.4) is 0 Å². The number of rotatable bonds is 1. The second kappa shape index (κ2) is 2.48. The van der Waals surface area contributed by atoms with Crippen LogP contribution in [0, 0.1) is 16.7 Å². The Morgan fingerprint density at radius 3 is 2.42 bits per heavy atom. The van der Waals surface area contributed by atoms with Crippen LogP contribution in [0.25, 0.3) is 0 Å². The number of aliphatic hydroxyl groups is 1. The molecular weight excluding hydrogens is 216 g/mol. The standard InChI is InChI=1S/C10H17BrO/c1-9-4-3-7(5-8(9)12)10(9,2)6-11/h7-8,12H,3-6H2,1-2H3/t7-,8+,9+,10-/m1/s1. The molecule has 2 bridgehead atoms. The van der Waals surface area contributed by atoms with Gasteiger partial charge in [0.2, 0.25) is 0 Å². The minimum Gasteiger partial charge on any atom is -0.393 e. The van der Waals surface area contributed by atoms with E-state index in [1.807, 2.05) is 0 Å². The molecule has 0 unspecified atom stereocenters. The van der Waals surface area contributed by atoms with Crippen LogP contribution < -0.4 is 0 Å². The zero-order valence-corrected chi connectivity index (χ0v) is 9.39. The molecule has 0 aromatic rings. The van der Waals surface area contributed by atoms with Gasteiger partial charge in [0.15, 0.2) is 0 Å². The third kappa shape index (κ3) is 0.784. The molecule has 0 saturated heterocycles. The monoisotopic (exact) mass is 232 g/mol. The summed E-state index contributed by atoms with van der Waals surface area (Å²) in [6.45, 7) is 4.58. The summed E-state index contributed by atoms with van der Waals surface area (Å²) in [6, 6.07) is 0. The van der Waals surface area contributed by atoms with Gasteiger partial charge in [-0.2, -0.15) is 0 Å². The van der Waals surface area contributed by atoms with Crippen molar-refractivity contribution in [2.75, 3.05) is 5.33 Å². The molecule has 2 fully saturated rings. The lowest BCUT2D eigenvalue weighted by molar-refractivity contribution is 0.0148. The number of hydrogen-bond donors (Lipinski definition) is 1. The van der Waals surface area contributed by atoms with Crippen LogP contribution in [0.5, 0.6) is 0 Å². The molecule has 2 saturated carbocycles. The molecule has 0 spiro atoms. The summed E-state index contributed by atoms with van der Waals surface area (Å²) in [6.07, 6.45) is 3.49. The maximum absolute atomic E-state index is 9.92. The van der Waals surface area contributed by atoms with Crippen molar-refractivity contribution in [1.82, 2.24) is 0 Å². The zero-order chi connectivity index (χ0) is 8.98. The third-order valence-electron chi connectivity index (χ3n) is 4.74. The van der Waals surface area contributed by atoms with Crippen molar-refractivity contribution in [3.05, 3.63) is 0 Å². The molecule has 2 heteroatoms. The lowest BCUT2D eigenvalue weighted by Gasteiger charge is -2.38. The van der Waals surface area contributed by atoms with Crippen molar-refractivity contribution in [2.24, 2.45) is 16.7 Å². The van der Waals surface area contributed by atoms with Crippen molar-refractivity contribution in [1.29, 1.82) is 0 Å². The molecule has 2 aliphatic rings. The van der Waals surface area contributed by atoms with E-state index in [-0.39, 0.29) is 11.5 Å². The van der Waals surface area contributed by atoms with Crippen LogP contribution in [0.2, 0.25) is 0 Å². The average molecular weight is 233 g/mol. The lowest BCUT2D eigenvalue weighted by Crippen LogP contribution is -2.38. The number of alkyl halides is 1. The van der Waals surface area contributed by atoms with Crippen molar-refractivity contribution in [3.63, 3.8) is 0 Å². The Hall–Kier alpha value is 0.440. The summed E-state index contributed by atoms with van der Waals surface area (Å²) in [4.78, 5) is 0. The van der Waals surface area contributed by atoms with E-state index in [1.54, 1.807) is 0 Å². The highest BCUT2D eigenvalue weighted by Crippen LogP contribution is 2.66. The average Bonchev–Trinajstić information content (AvgIpc) is 2.39. The number of fused-ring (bicyclic) bond motifs is 2. The molecule has 0 amide bonds. The molecule has 1 nitrogen and oxygen atoms in total. The van der Waals surface area contributed by atoms with Crippen LogP contribution in [-0.2, 0) is 0 Å². The van der Waals surface area contributed by atoms with E-state index in [2.05, 4.69) is 29.8 Å². The van der Waals surface area contributed by atoms with Gasteiger partial charge in [-0.3, -0.25) is 0 Å². The quantitative estimate of drug-likeness (QED) is 0.690. The van der Waals surface area contributed by atoms with Gasteiger partial charge in [0.1, 0.15) is 0 Å². The summed E-state index contributed by atoms with van der Waals surface area (Å²) < 4.78 is 0. The SMILES string of the molecule is C[C@]12CC[C@H](C[C@@H]1O)[C@@]2(C)CBr. The van der Waals surface area contributed by atoms with E-state index >= 15 is 0 Å². The summed E-state index contributed by atoms with van der Waals surface area (Å²) in [7, 11) is 0. The summed E-state index contributed by atoms with van der Waals surface area (Å²) in [5, 5.41) is 11.0. The van der Waals surface area contributed by atoms with Crippen molar-refractivity contribution < 1.29 is 5.11 Å². The fraction of sp³-hybridized carbons (Fsp3) is 1.00. The Labute approximate surface area is 82.7 Å². The number of halogens is 1. The molecule has 1 N–H and O–H groups in total. The summed E-state index contributed by atoms with van der Waals surface area (Å²) in [5.74, 6) is 0.747. The second-order valence-electron chi connectivity index (χ2n) is 4.96. The first-order chi connectivity index (χ1) is 5.54. The summed E-state index contributed by atoms with van der Waals surface area (Å²) >= 11 is 3.60. The van der Waals surface area contributed by atoms with Gasteiger partial charge in [-0.1, -0.05) is 29.8 Å². The normalized spacial score (nSPS) is 58.0. The molecule has 12 heavy (non-hydrogen) atoms. The van der Waals surface area contributed by atoms with Crippen molar-refractivity contribution in [3.8, 4) is 0 Å². The van der Waals surface area contributed by atoms with Crippen LogP contribution in [0.1, 0.15) is 33.1 Å². The van der Waals surface area contributed by atoms with E-state index in [0.29, 0.717) is 5.41 Å². The Morgan fingerprint density at radius 1 is 1.50 bits per heavy atom. The third-order valence-corrected chi connectivity index (χ3v) is 5.90. The van der Waals surface area contributed by atoms with Gasteiger partial charge in [0, 0.05) is 5.33 Å². The van der Waals surface area contributed by atoms with Gasteiger partial charge in [-0.25, -0.2) is 0 Å².